The van der Waals surface area contributed by atoms with E-state index in [4.69, 9.17) is 30.8 Å². The fraction of sp³-hybridized carbons (Fsp3) is 0.280. The second-order valence-electron chi connectivity index (χ2n) is 16.5. The molecule has 1 amide bonds. The Bertz CT molecular complexity index is 2930. The monoisotopic (exact) mass is 927 g/mol. The van der Waals surface area contributed by atoms with Crippen molar-refractivity contribution in [3.63, 3.8) is 0 Å². The summed E-state index contributed by atoms with van der Waals surface area (Å²) < 4.78 is 32.7. The molecule has 66 heavy (non-hydrogen) atoms. The molecule has 6 heterocycles. The number of thiophene rings is 1. The van der Waals surface area contributed by atoms with Crippen molar-refractivity contribution >= 4 is 45.0 Å². The summed E-state index contributed by atoms with van der Waals surface area (Å²) in [5.41, 5.74) is 6.12. The Kier molecular flexibility index (Phi) is 13.2. The molecule has 3 aromatic heterocycles. The standard InChI is InChI=1S/C50H47ClFN7O6S/c1-30-37-14-11-33(45(30)51)27-59(23-22-58-20-18-57(2)19-21-58)42(60)25-31-8-15-39(64-28-36-16-17-53-47(56-36)38-6-4-5-7-40(38)63-3)34(24-31)26-41(50(61)62)65-48-44-43(37)46(66-49(44)55-29-54-48)32-9-12-35(52)13-10-32/h4-17,24,29,41H,18-23,25-28H2,1-3H3,(H,61,62)/t41-/m0/s1. The summed E-state index contributed by atoms with van der Waals surface area (Å²) in [6.45, 7) is 7.08. The minimum Gasteiger partial charge on any atom is -0.496 e. The molecule has 0 saturated carbocycles. The number of aliphatic carboxylic acids is 1. The largest absolute Gasteiger partial charge is 0.496 e. The van der Waals surface area contributed by atoms with Gasteiger partial charge in [-0.1, -0.05) is 60.1 Å². The van der Waals surface area contributed by atoms with Gasteiger partial charge in [-0.15, -0.1) is 11.3 Å². The zero-order chi connectivity index (χ0) is 45.9. The van der Waals surface area contributed by atoms with Crippen LogP contribution in [0.15, 0.2) is 97.5 Å². The van der Waals surface area contributed by atoms with E-state index in [0.717, 1.165) is 58.9 Å². The number of para-hydroxylation sites is 1. The average molecular weight is 928 g/mol. The van der Waals surface area contributed by atoms with Gasteiger partial charge in [-0.05, 0) is 83.8 Å². The van der Waals surface area contributed by atoms with Gasteiger partial charge >= 0.3 is 5.97 Å². The summed E-state index contributed by atoms with van der Waals surface area (Å²) >= 11 is 8.67. The van der Waals surface area contributed by atoms with Crippen LogP contribution < -0.4 is 14.2 Å². The molecular formula is C50H47ClFN7O6S. The number of halogens is 2. The van der Waals surface area contributed by atoms with Gasteiger partial charge in [0.15, 0.2) is 5.82 Å². The molecule has 338 valence electrons. The highest BCUT2D eigenvalue weighted by Crippen LogP contribution is 2.49. The topological polar surface area (TPSA) is 143 Å². The SMILES string of the molecule is COc1ccccc1-c1nccc(COc2ccc3cc2C[C@@H](C(=O)O)Oc2ncnc4sc(-c5ccc(F)cc5)c(c24)-c2ccc(c(Cl)c2C)CN(CCN2CCN(C)CC2)C(=O)C3)n1. The Morgan fingerprint density at radius 2 is 1.74 bits per heavy atom. The molecule has 1 fully saturated rings. The minimum atomic E-state index is -1.46. The number of methoxy groups -OCH3 is 1. The van der Waals surface area contributed by atoms with Crippen molar-refractivity contribution in [2.75, 3.05) is 53.4 Å². The molecule has 3 aliphatic heterocycles. The maximum Gasteiger partial charge on any atom is 0.345 e. The number of carbonyl (C=O) groups is 2. The zero-order valence-electron chi connectivity index (χ0n) is 36.7. The van der Waals surface area contributed by atoms with E-state index in [1.165, 1.54) is 29.8 Å². The maximum atomic E-state index is 14.6. The quantitative estimate of drug-likeness (QED) is 0.141. The van der Waals surface area contributed by atoms with Crippen molar-refractivity contribution in [3.05, 3.63) is 136 Å². The van der Waals surface area contributed by atoms with Crippen LogP contribution in [0.3, 0.4) is 0 Å². The van der Waals surface area contributed by atoms with Crippen molar-refractivity contribution in [3.8, 4) is 50.3 Å². The molecule has 0 unspecified atom stereocenters. The van der Waals surface area contributed by atoms with Gasteiger partial charge in [-0.2, -0.15) is 0 Å². The molecule has 13 nitrogen and oxygen atoms in total. The lowest BCUT2D eigenvalue weighted by Crippen LogP contribution is -2.47. The Hall–Kier alpha value is -6.52. The number of carboxylic acids is 1. The fourth-order valence-corrected chi connectivity index (χ4v) is 9.83. The summed E-state index contributed by atoms with van der Waals surface area (Å²) in [4.78, 5) is 54.1. The Morgan fingerprint density at radius 1 is 0.939 bits per heavy atom. The summed E-state index contributed by atoms with van der Waals surface area (Å²) in [5, 5.41) is 11.8. The second kappa shape index (κ2) is 19.5. The van der Waals surface area contributed by atoms with Crippen molar-refractivity contribution in [2.45, 2.75) is 39.0 Å². The molecule has 3 aliphatic rings. The predicted octanol–water partition coefficient (Wildman–Crippen LogP) is 8.38. The number of hydrogen-bond acceptors (Lipinski definition) is 12. The van der Waals surface area contributed by atoms with Gasteiger partial charge in [0.05, 0.1) is 30.2 Å². The van der Waals surface area contributed by atoms with Crippen molar-refractivity contribution in [1.29, 1.82) is 0 Å². The summed E-state index contributed by atoms with van der Waals surface area (Å²) in [6.07, 6.45) is 1.43. The first-order valence-electron chi connectivity index (χ1n) is 21.6. The number of piperazine rings is 1. The molecule has 4 bridgehead atoms. The lowest BCUT2D eigenvalue weighted by Gasteiger charge is -2.34. The third kappa shape index (κ3) is 9.56. The van der Waals surface area contributed by atoms with Crippen LogP contribution in [0.25, 0.3) is 43.2 Å². The number of ether oxygens (including phenoxy) is 3. The third-order valence-electron chi connectivity index (χ3n) is 12.1. The van der Waals surface area contributed by atoms with Crippen LogP contribution in [0.1, 0.15) is 27.9 Å². The number of hydrogen-bond donors (Lipinski definition) is 1. The number of likely N-dealkylation sites (N-methyl/N-ethyl adjacent to an activating group) is 1. The summed E-state index contributed by atoms with van der Waals surface area (Å²) in [6, 6.07) is 24.7. The van der Waals surface area contributed by atoms with Gasteiger partial charge in [-0.25, -0.2) is 29.1 Å². The van der Waals surface area contributed by atoms with Crippen LogP contribution in [0, 0.1) is 12.7 Å². The van der Waals surface area contributed by atoms with Crippen LogP contribution in [-0.2, 0) is 35.6 Å². The Morgan fingerprint density at radius 3 is 2.53 bits per heavy atom. The molecule has 1 N–H and O–H groups in total. The Labute approximate surface area is 390 Å². The molecule has 0 aliphatic carbocycles. The number of aromatic nitrogens is 4. The van der Waals surface area contributed by atoms with Crippen molar-refractivity contribution in [2.24, 2.45) is 0 Å². The van der Waals surface area contributed by atoms with Crippen LogP contribution in [0.5, 0.6) is 17.4 Å². The molecule has 1 saturated heterocycles. The van der Waals surface area contributed by atoms with Gasteiger partial charge in [0.1, 0.15) is 35.1 Å². The average Bonchev–Trinajstić information content (AvgIpc) is 3.72. The molecule has 0 spiro atoms. The Balaban J connectivity index is 1.14. The minimum absolute atomic E-state index is 0.0307. The second-order valence-corrected chi connectivity index (χ2v) is 17.8. The number of carbonyl (C=O) groups excluding carboxylic acids is 1. The highest BCUT2D eigenvalue weighted by atomic mass is 35.5. The number of benzene rings is 4. The number of fused-ring (bicyclic) bond motifs is 7. The van der Waals surface area contributed by atoms with Crippen LogP contribution in [0.2, 0.25) is 5.02 Å². The van der Waals surface area contributed by atoms with E-state index >= 15 is 0 Å². The van der Waals surface area contributed by atoms with E-state index in [1.54, 1.807) is 37.6 Å². The summed E-state index contributed by atoms with van der Waals surface area (Å²) in [7, 11) is 3.70. The number of carboxylic acid groups (broad SMARTS) is 1. The molecular weight excluding hydrogens is 881 g/mol. The first-order valence-corrected chi connectivity index (χ1v) is 22.8. The molecule has 1 atom stereocenters. The smallest absolute Gasteiger partial charge is 0.345 e. The summed E-state index contributed by atoms with van der Waals surface area (Å²) in [5.74, 6) is -0.192. The van der Waals surface area contributed by atoms with E-state index in [1.807, 2.05) is 60.4 Å². The lowest BCUT2D eigenvalue weighted by atomic mass is 9.94. The molecule has 16 heteroatoms. The van der Waals surface area contributed by atoms with Crippen molar-refractivity contribution in [1.82, 2.24) is 34.6 Å². The third-order valence-corrected chi connectivity index (χ3v) is 13.8. The maximum absolute atomic E-state index is 14.6. The lowest BCUT2D eigenvalue weighted by molar-refractivity contribution is -0.145. The van der Waals surface area contributed by atoms with Crippen LogP contribution in [-0.4, -0.2) is 111 Å². The van der Waals surface area contributed by atoms with Gasteiger partial charge in [0.2, 0.25) is 17.9 Å². The number of rotatable bonds is 10. The highest BCUT2D eigenvalue weighted by Gasteiger charge is 2.30. The van der Waals surface area contributed by atoms with E-state index in [2.05, 4.69) is 31.8 Å². The first-order chi connectivity index (χ1) is 32.0. The fourth-order valence-electron chi connectivity index (χ4n) is 8.45. The van der Waals surface area contributed by atoms with Gasteiger partial charge in [0.25, 0.3) is 0 Å². The normalized spacial score (nSPS) is 16.0. The van der Waals surface area contributed by atoms with E-state index in [0.29, 0.717) is 68.0 Å². The molecule has 0 radical (unpaired) electrons. The van der Waals surface area contributed by atoms with Crippen LogP contribution >= 0.6 is 22.9 Å². The van der Waals surface area contributed by atoms with E-state index in [9.17, 15) is 19.1 Å². The van der Waals surface area contributed by atoms with Crippen molar-refractivity contribution < 1.29 is 33.3 Å². The highest BCUT2D eigenvalue weighted by molar-refractivity contribution is 7.22. The van der Waals surface area contributed by atoms with Gasteiger partial charge in [0, 0.05) is 73.9 Å². The number of amides is 1. The number of nitrogens with zero attached hydrogens (tertiary/aromatic N) is 7. The molecule has 10 rings (SSSR count). The van der Waals surface area contributed by atoms with Gasteiger partial charge in [-0.3, -0.25) is 9.69 Å². The first kappa shape index (κ1) is 44.7. The van der Waals surface area contributed by atoms with E-state index in [-0.39, 0.29) is 43.6 Å². The van der Waals surface area contributed by atoms with Crippen LogP contribution in [0.4, 0.5) is 4.39 Å². The van der Waals surface area contributed by atoms with Gasteiger partial charge < -0.3 is 29.1 Å². The van der Waals surface area contributed by atoms with E-state index < -0.39 is 12.1 Å². The zero-order valence-corrected chi connectivity index (χ0v) is 38.2. The predicted molar refractivity (Wildman–Crippen MR) is 252 cm³/mol. The molecule has 7 aromatic rings. The molecule has 4 aromatic carbocycles.